The topological polar surface area (TPSA) is 8.17 Å². The number of para-hydroxylation sites is 1. The van der Waals surface area contributed by atoms with E-state index >= 15 is 0 Å². The second-order valence-corrected chi connectivity index (χ2v) is 7.06. The fraction of sp³-hybridized carbons (Fsp3) is 0.333. The monoisotopic (exact) mass is 340 g/mol. The molecule has 1 unspecified atom stereocenters. The van der Waals surface area contributed by atoms with Crippen LogP contribution >= 0.6 is 0 Å². The second-order valence-electron chi connectivity index (χ2n) is 7.06. The van der Waals surface area contributed by atoms with Gasteiger partial charge in [-0.1, -0.05) is 24.3 Å². The third-order valence-electron chi connectivity index (χ3n) is 5.42. The fourth-order valence-electron chi connectivity index (χ4n) is 3.92. The molecule has 0 saturated heterocycles. The zero-order valence-corrected chi connectivity index (χ0v) is 14.6. The number of hydrogen-bond acceptors (Lipinski definition) is 1. The Kier molecular flexibility index (Phi) is 4.08. The predicted octanol–water partition coefficient (Wildman–Crippen LogP) is 4.54. The van der Waals surface area contributed by atoms with E-state index < -0.39 is 0 Å². The van der Waals surface area contributed by atoms with Crippen molar-refractivity contribution in [2.24, 2.45) is 0 Å². The van der Waals surface area contributed by atoms with Crippen molar-refractivity contribution in [1.82, 2.24) is 9.47 Å². The second kappa shape index (κ2) is 6.26. The van der Waals surface area contributed by atoms with Gasteiger partial charge in [0.2, 0.25) is 0 Å². The molecule has 0 radical (unpaired) electrons. The molecule has 25 heavy (non-hydrogen) atoms. The maximum atomic E-state index is 14.6. The third-order valence-corrected chi connectivity index (χ3v) is 5.42. The Labute approximate surface area is 146 Å². The van der Waals surface area contributed by atoms with Gasteiger partial charge in [-0.25, -0.2) is 8.78 Å². The Morgan fingerprint density at radius 3 is 2.72 bits per heavy atom. The van der Waals surface area contributed by atoms with Crippen LogP contribution in [0.2, 0.25) is 0 Å². The minimum absolute atomic E-state index is 0.179. The van der Waals surface area contributed by atoms with Crippen LogP contribution in [0.1, 0.15) is 23.7 Å². The molecule has 1 aromatic heterocycles. The lowest BCUT2D eigenvalue weighted by molar-refractivity contribution is 0.228. The van der Waals surface area contributed by atoms with Gasteiger partial charge < -0.3 is 4.57 Å². The van der Waals surface area contributed by atoms with E-state index in [4.69, 9.17) is 0 Å². The van der Waals surface area contributed by atoms with Crippen LogP contribution in [0.5, 0.6) is 0 Å². The van der Waals surface area contributed by atoms with E-state index in [9.17, 15) is 8.78 Å². The minimum atomic E-state index is -0.224. The van der Waals surface area contributed by atoms with E-state index in [1.54, 1.807) is 18.2 Å². The summed E-state index contributed by atoms with van der Waals surface area (Å²) in [4.78, 5) is 2.31. The summed E-state index contributed by atoms with van der Waals surface area (Å²) in [6.07, 6.45) is 1.59. The molecule has 4 rings (SSSR count). The molecule has 0 saturated carbocycles. The van der Waals surface area contributed by atoms with Gasteiger partial charge in [0.15, 0.2) is 0 Å². The summed E-state index contributed by atoms with van der Waals surface area (Å²) in [7, 11) is 2.11. The molecule has 0 spiro atoms. The van der Waals surface area contributed by atoms with E-state index in [0.717, 1.165) is 23.9 Å². The number of benzene rings is 2. The van der Waals surface area contributed by atoms with Crippen molar-refractivity contribution in [3.63, 3.8) is 0 Å². The van der Waals surface area contributed by atoms with Crippen molar-refractivity contribution < 1.29 is 8.78 Å². The number of fused-ring (bicyclic) bond motifs is 3. The van der Waals surface area contributed by atoms with Gasteiger partial charge in [0.1, 0.15) is 11.6 Å². The summed E-state index contributed by atoms with van der Waals surface area (Å²) >= 11 is 0. The molecule has 4 heteroatoms. The third kappa shape index (κ3) is 2.85. The van der Waals surface area contributed by atoms with Crippen molar-refractivity contribution in [1.29, 1.82) is 0 Å². The molecule has 2 heterocycles. The number of likely N-dealkylation sites (N-methyl/N-ethyl adjacent to an activating group) is 1. The molecule has 130 valence electrons. The summed E-state index contributed by atoms with van der Waals surface area (Å²) in [6, 6.07) is 12.4. The number of aryl methyl sites for hydroxylation is 2. The zero-order valence-electron chi connectivity index (χ0n) is 14.6. The highest BCUT2D eigenvalue weighted by Crippen LogP contribution is 2.34. The van der Waals surface area contributed by atoms with Crippen LogP contribution in [-0.2, 0) is 25.9 Å². The normalized spacial score (nSPS) is 17.8. The molecule has 1 aliphatic rings. The van der Waals surface area contributed by atoms with Crippen LogP contribution in [0.4, 0.5) is 8.78 Å². The summed E-state index contributed by atoms with van der Waals surface area (Å²) in [6.45, 7) is 3.70. The van der Waals surface area contributed by atoms with Crippen molar-refractivity contribution in [2.75, 3.05) is 7.05 Å². The molecule has 0 aliphatic carbocycles. The molecule has 0 N–H and O–H groups in total. The Balaban J connectivity index is 1.78. The molecule has 2 nitrogen and oxygen atoms in total. The van der Waals surface area contributed by atoms with Crippen molar-refractivity contribution in [2.45, 2.75) is 38.9 Å². The molecular formula is C21H22F2N2. The van der Waals surface area contributed by atoms with E-state index in [0.29, 0.717) is 24.5 Å². The van der Waals surface area contributed by atoms with E-state index in [2.05, 4.69) is 23.4 Å². The summed E-state index contributed by atoms with van der Waals surface area (Å²) in [5.41, 5.74) is 4.08. The standard InChI is InChI=1S/C21H22F2N2/c1-14-11-20-18(13-24(14)2)17-7-4-8-19(23)21(17)25(20)10-9-15-5-3-6-16(22)12-15/h3-8,12,14H,9-11,13H2,1-2H3. The van der Waals surface area contributed by atoms with Crippen LogP contribution in [0.15, 0.2) is 42.5 Å². The van der Waals surface area contributed by atoms with Gasteiger partial charge in [0.05, 0.1) is 5.52 Å². The number of aromatic nitrogens is 1. The SMILES string of the molecule is CC1Cc2c(c3cccc(F)c3n2CCc2cccc(F)c2)CN1C. The summed E-state index contributed by atoms with van der Waals surface area (Å²) < 4.78 is 30.2. The van der Waals surface area contributed by atoms with Gasteiger partial charge in [0.25, 0.3) is 0 Å². The molecular weight excluding hydrogens is 318 g/mol. The van der Waals surface area contributed by atoms with Crippen LogP contribution in [-0.4, -0.2) is 22.6 Å². The van der Waals surface area contributed by atoms with Crippen molar-refractivity contribution in [3.8, 4) is 0 Å². The molecule has 2 aromatic carbocycles. The van der Waals surface area contributed by atoms with Gasteiger partial charge in [-0.05, 0) is 49.7 Å². The molecule has 3 aromatic rings. The fourth-order valence-corrected chi connectivity index (χ4v) is 3.92. The maximum absolute atomic E-state index is 14.6. The van der Waals surface area contributed by atoms with Crippen LogP contribution < -0.4 is 0 Å². The quantitative estimate of drug-likeness (QED) is 0.680. The van der Waals surface area contributed by atoms with Gasteiger partial charge >= 0.3 is 0 Å². The zero-order chi connectivity index (χ0) is 17.6. The van der Waals surface area contributed by atoms with Gasteiger partial charge in [-0.2, -0.15) is 0 Å². The maximum Gasteiger partial charge on any atom is 0.147 e. The predicted molar refractivity (Wildman–Crippen MR) is 96.6 cm³/mol. The highest BCUT2D eigenvalue weighted by atomic mass is 19.1. The molecule has 1 atom stereocenters. The highest BCUT2D eigenvalue weighted by molar-refractivity contribution is 5.86. The van der Waals surface area contributed by atoms with Crippen molar-refractivity contribution >= 4 is 10.9 Å². The lowest BCUT2D eigenvalue weighted by Gasteiger charge is -2.31. The lowest BCUT2D eigenvalue weighted by atomic mass is 10.00. The van der Waals surface area contributed by atoms with Crippen LogP contribution in [0, 0.1) is 11.6 Å². The molecule has 0 amide bonds. The van der Waals surface area contributed by atoms with E-state index in [1.807, 2.05) is 12.1 Å². The Hall–Kier alpha value is -2.20. The first-order chi connectivity index (χ1) is 12.0. The first-order valence-corrected chi connectivity index (χ1v) is 8.77. The minimum Gasteiger partial charge on any atom is -0.342 e. The van der Waals surface area contributed by atoms with Gasteiger partial charge in [-0.3, -0.25) is 4.90 Å². The van der Waals surface area contributed by atoms with Gasteiger partial charge in [0, 0.05) is 36.6 Å². The molecule has 0 bridgehead atoms. The average Bonchev–Trinajstić information content (AvgIpc) is 2.88. The highest BCUT2D eigenvalue weighted by Gasteiger charge is 2.27. The molecule has 1 aliphatic heterocycles. The van der Waals surface area contributed by atoms with Crippen molar-refractivity contribution in [3.05, 3.63) is 70.9 Å². The van der Waals surface area contributed by atoms with Crippen LogP contribution in [0.3, 0.4) is 0 Å². The Morgan fingerprint density at radius 1 is 1.12 bits per heavy atom. The van der Waals surface area contributed by atoms with Crippen LogP contribution in [0.25, 0.3) is 10.9 Å². The first-order valence-electron chi connectivity index (χ1n) is 8.77. The Bertz CT molecular complexity index is 929. The Morgan fingerprint density at radius 2 is 1.92 bits per heavy atom. The summed E-state index contributed by atoms with van der Waals surface area (Å²) in [5.74, 6) is -0.403. The number of rotatable bonds is 3. The van der Waals surface area contributed by atoms with Gasteiger partial charge in [-0.15, -0.1) is 0 Å². The largest absolute Gasteiger partial charge is 0.342 e. The number of halogens is 2. The smallest absolute Gasteiger partial charge is 0.147 e. The molecule has 0 fully saturated rings. The number of hydrogen-bond donors (Lipinski definition) is 0. The van der Waals surface area contributed by atoms with E-state index in [1.165, 1.54) is 23.4 Å². The van der Waals surface area contributed by atoms with E-state index in [-0.39, 0.29) is 11.6 Å². The number of nitrogens with zero attached hydrogens (tertiary/aromatic N) is 2. The first kappa shape index (κ1) is 16.3. The lowest BCUT2D eigenvalue weighted by Crippen LogP contribution is -2.35. The summed E-state index contributed by atoms with van der Waals surface area (Å²) in [5, 5.41) is 1.01. The average molecular weight is 340 g/mol.